The van der Waals surface area contributed by atoms with Crippen molar-refractivity contribution in [1.82, 2.24) is 5.32 Å². The predicted octanol–water partition coefficient (Wildman–Crippen LogP) is 1.75. The normalized spacial score (nSPS) is 24.2. The summed E-state index contributed by atoms with van der Waals surface area (Å²) in [5.74, 6) is 0.120. The van der Waals surface area contributed by atoms with E-state index in [9.17, 15) is 4.39 Å². The molecule has 3 heteroatoms. The van der Waals surface area contributed by atoms with E-state index in [0.717, 1.165) is 19.5 Å². The Hall–Kier alpha value is -0.150. The van der Waals surface area contributed by atoms with Crippen LogP contribution in [-0.2, 0) is 4.74 Å². The fourth-order valence-electron chi connectivity index (χ4n) is 1.89. The molecule has 0 aliphatic carbocycles. The van der Waals surface area contributed by atoms with E-state index in [1.807, 2.05) is 6.92 Å². The maximum atomic E-state index is 14.2. The second-order valence-electron chi connectivity index (χ2n) is 3.97. The molecule has 0 saturated carbocycles. The van der Waals surface area contributed by atoms with Crippen LogP contribution >= 0.6 is 0 Å². The van der Waals surface area contributed by atoms with Gasteiger partial charge in [-0.25, -0.2) is 4.39 Å². The Balaban J connectivity index is 2.37. The van der Waals surface area contributed by atoms with Crippen molar-refractivity contribution in [2.75, 3.05) is 26.8 Å². The van der Waals surface area contributed by atoms with Gasteiger partial charge in [0.2, 0.25) is 0 Å². The van der Waals surface area contributed by atoms with E-state index in [1.165, 1.54) is 0 Å². The summed E-state index contributed by atoms with van der Waals surface area (Å²) < 4.78 is 19.2. The van der Waals surface area contributed by atoms with Crippen LogP contribution in [0, 0.1) is 5.92 Å². The van der Waals surface area contributed by atoms with Crippen molar-refractivity contribution in [3.8, 4) is 0 Å². The minimum absolute atomic E-state index is 0.120. The van der Waals surface area contributed by atoms with Crippen LogP contribution in [0.1, 0.15) is 26.2 Å². The van der Waals surface area contributed by atoms with E-state index in [0.29, 0.717) is 19.4 Å². The van der Waals surface area contributed by atoms with Crippen LogP contribution in [0.5, 0.6) is 0 Å². The van der Waals surface area contributed by atoms with Crippen molar-refractivity contribution < 1.29 is 9.13 Å². The van der Waals surface area contributed by atoms with Gasteiger partial charge in [0, 0.05) is 13.7 Å². The standard InChI is InChI=1S/C10H20FNO/c1-9(3-8-13-2)10(11)4-6-12-7-5-10/h9,12H,3-8H2,1-2H3. The average Bonchev–Trinajstić information content (AvgIpc) is 2.15. The molecule has 1 atom stereocenters. The van der Waals surface area contributed by atoms with E-state index < -0.39 is 5.67 Å². The number of alkyl halides is 1. The molecule has 1 fully saturated rings. The number of methoxy groups -OCH3 is 1. The summed E-state index contributed by atoms with van der Waals surface area (Å²) in [6.45, 7) is 4.28. The third-order valence-electron chi connectivity index (χ3n) is 3.07. The smallest absolute Gasteiger partial charge is 0.116 e. The average molecular weight is 189 g/mol. The van der Waals surface area contributed by atoms with Crippen molar-refractivity contribution in [3.05, 3.63) is 0 Å². The van der Waals surface area contributed by atoms with Crippen molar-refractivity contribution in [2.45, 2.75) is 31.9 Å². The van der Waals surface area contributed by atoms with Crippen molar-refractivity contribution >= 4 is 0 Å². The molecule has 1 rings (SSSR count). The summed E-state index contributed by atoms with van der Waals surface area (Å²) in [5, 5.41) is 3.18. The third-order valence-corrected chi connectivity index (χ3v) is 3.07. The highest BCUT2D eigenvalue weighted by Crippen LogP contribution is 2.33. The van der Waals surface area contributed by atoms with Crippen LogP contribution in [0.4, 0.5) is 4.39 Å². The first-order valence-electron chi connectivity index (χ1n) is 5.07. The summed E-state index contributed by atoms with van der Waals surface area (Å²) in [7, 11) is 1.67. The lowest BCUT2D eigenvalue weighted by atomic mass is 9.81. The van der Waals surface area contributed by atoms with Crippen molar-refractivity contribution in [2.24, 2.45) is 5.92 Å². The summed E-state index contributed by atoms with van der Waals surface area (Å²) in [6.07, 6.45) is 2.13. The SMILES string of the molecule is COCCC(C)C1(F)CCNCC1. The second kappa shape index (κ2) is 4.91. The summed E-state index contributed by atoms with van der Waals surface area (Å²) >= 11 is 0. The molecular weight excluding hydrogens is 169 g/mol. The third kappa shape index (κ3) is 2.92. The largest absolute Gasteiger partial charge is 0.385 e. The molecule has 78 valence electrons. The number of halogens is 1. The molecule has 13 heavy (non-hydrogen) atoms. The van der Waals surface area contributed by atoms with Gasteiger partial charge in [0.25, 0.3) is 0 Å². The van der Waals surface area contributed by atoms with Crippen LogP contribution < -0.4 is 5.32 Å². The minimum atomic E-state index is -0.955. The molecule has 1 N–H and O–H groups in total. The highest BCUT2D eigenvalue weighted by atomic mass is 19.1. The minimum Gasteiger partial charge on any atom is -0.385 e. The Morgan fingerprint density at radius 2 is 2.08 bits per heavy atom. The number of nitrogens with one attached hydrogen (secondary N) is 1. The lowest BCUT2D eigenvalue weighted by Crippen LogP contribution is -2.43. The van der Waals surface area contributed by atoms with Crippen LogP contribution in [0.2, 0.25) is 0 Å². The molecular formula is C10H20FNO. The van der Waals surface area contributed by atoms with E-state index in [-0.39, 0.29) is 5.92 Å². The Morgan fingerprint density at radius 3 is 2.62 bits per heavy atom. The summed E-state index contributed by atoms with van der Waals surface area (Å²) in [6, 6.07) is 0. The fraction of sp³-hybridized carbons (Fsp3) is 1.00. The highest BCUT2D eigenvalue weighted by molar-refractivity contribution is 4.89. The van der Waals surface area contributed by atoms with Gasteiger partial charge in [0.05, 0.1) is 0 Å². The Morgan fingerprint density at radius 1 is 1.46 bits per heavy atom. The highest BCUT2D eigenvalue weighted by Gasteiger charge is 2.36. The summed E-state index contributed by atoms with van der Waals surface area (Å²) in [5.41, 5.74) is -0.955. The molecule has 1 aliphatic heterocycles. The molecule has 2 nitrogen and oxygen atoms in total. The molecule has 1 aliphatic rings. The number of hydrogen-bond acceptors (Lipinski definition) is 2. The van der Waals surface area contributed by atoms with Crippen LogP contribution in [0.25, 0.3) is 0 Å². The van der Waals surface area contributed by atoms with Gasteiger partial charge in [0.1, 0.15) is 5.67 Å². The lowest BCUT2D eigenvalue weighted by Gasteiger charge is -2.35. The lowest BCUT2D eigenvalue weighted by molar-refractivity contribution is 0.0357. The van der Waals surface area contributed by atoms with Crippen molar-refractivity contribution in [1.29, 1.82) is 0 Å². The van der Waals surface area contributed by atoms with E-state index >= 15 is 0 Å². The van der Waals surface area contributed by atoms with E-state index in [1.54, 1.807) is 7.11 Å². The zero-order valence-corrected chi connectivity index (χ0v) is 8.61. The number of hydrogen-bond donors (Lipinski definition) is 1. The van der Waals surface area contributed by atoms with Crippen LogP contribution in [-0.4, -0.2) is 32.5 Å². The van der Waals surface area contributed by atoms with Gasteiger partial charge in [-0.3, -0.25) is 0 Å². The first kappa shape index (κ1) is 10.9. The van der Waals surface area contributed by atoms with E-state index in [4.69, 9.17) is 4.74 Å². The molecule has 0 radical (unpaired) electrons. The summed E-state index contributed by atoms with van der Waals surface area (Å²) in [4.78, 5) is 0. The first-order chi connectivity index (χ1) is 6.19. The van der Waals surface area contributed by atoms with Gasteiger partial charge in [-0.2, -0.15) is 0 Å². The fourth-order valence-corrected chi connectivity index (χ4v) is 1.89. The zero-order valence-electron chi connectivity index (χ0n) is 8.61. The topological polar surface area (TPSA) is 21.3 Å². The zero-order chi connectivity index (χ0) is 9.73. The van der Waals surface area contributed by atoms with Crippen LogP contribution in [0.15, 0.2) is 0 Å². The van der Waals surface area contributed by atoms with Gasteiger partial charge >= 0.3 is 0 Å². The van der Waals surface area contributed by atoms with Gasteiger partial charge in [-0.15, -0.1) is 0 Å². The monoisotopic (exact) mass is 189 g/mol. The van der Waals surface area contributed by atoms with Gasteiger partial charge in [-0.05, 0) is 38.3 Å². The first-order valence-corrected chi connectivity index (χ1v) is 5.07. The van der Waals surface area contributed by atoms with Gasteiger partial charge in [0.15, 0.2) is 0 Å². The molecule has 0 aromatic carbocycles. The Labute approximate surface area is 79.8 Å². The maximum Gasteiger partial charge on any atom is 0.116 e. The number of piperidine rings is 1. The maximum absolute atomic E-state index is 14.2. The van der Waals surface area contributed by atoms with Crippen LogP contribution in [0.3, 0.4) is 0 Å². The molecule has 0 bridgehead atoms. The molecule has 1 unspecified atom stereocenters. The van der Waals surface area contributed by atoms with Gasteiger partial charge in [-0.1, -0.05) is 6.92 Å². The van der Waals surface area contributed by atoms with Crippen molar-refractivity contribution in [3.63, 3.8) is 0 Å². The second-order valence-corrected chi connectivity index (χ2v) is 3.97. The number of ether oxygens (including phenoxy) is 1. The van der Waals surface area contributed by atoms with E-state index in [2.05, 4.69) is 5.32 Å². The molecule has 1 saturated heterocycles. The molecule has 0 amide bonds. The Kier molecular flexibility index (Phi) is 4.13. The quantitative estimate of drug-likeness (QED) is 0.727. The molecule has 1 heterocycles. The predicted molar refractivity (Wildman–Crippen MR) is 51.6 cm³/mol. The molecule has 0 aromatic rings. The Bertz CT molecular complexity index is 146. The molecule has 0 spiro atoms. The molecule has 0 aromatic heterocycles. The number of rotatable bonds is 4. The van der Waals surface area contributed by atoms with Gasteiger partial charge < -0.3 is 10.1 Å².